The lowest BCUT2D eigenvalue weighted by molar-refractivity contribution is 0.0481. The number of benzene rings is 1. The van der Waals surface area contributed by atoms with Crippen LogP contribution in [0.4, 0.5) is 5.69 Å². The normalized spacial score (nSPS) is 25.0. The lowest BCUT2D eigenvalue weighted by atomic mass is 9.98. The van der Waals surface area contributed by atoms with Crippen molar-refractivity contribution < 1.29 is 10.2 Å². The van der Waals surface area contributed by atoms with Gasteiger partial charge in [-0.2, -0.15) is 0 Å². The summed E-state index contributed by atoms with van der Waals surface area (Å²) in [4.78, 5) is 2.26. The van der Waals surface area contributed by atoms with Crippen LogP contribution in [-0.4, -0.2) is 28.9 Å². The predicted octanol–water partition coefficient (Wildman–Crippen LogP) is 2.68. The maximum atomic E-state index is 10.1. The van der Waals surface area contributed by atoms with E-state index in [4.69, 9.17) is 0 Å². The number of nitrogens with zero attached hydrogens (tertiary/aromatic N) is 1. The van der Waals surface area contributed by atoms with Crippen molar-refractivity contribution in [3.05, 3.63) is 28.2 Å². The van der Waals surface area contributed by atoms with E-state index in [1.165, 1.54) is 0 Å². The number of anilines is 1. The van der Waals surface area contributed by atoms with E-state index in [0.717, 1.165) is 48.1 Å². The Balaban J connectivity index is 2.23. The van der Waals surface area contributed by atoms with Gasteiger partial charge in [0.15, 0.2) is 0 Å². The average Bonchev–Trinajstić information content (AvgIpc) is 2.50. The molecule has 0 spiro atoms. The second-order valence-electron chi connectivity index (χ2n) is 5.27. The molecule has 1 atom stereocenters. The molecule has 1 unspecified atom stereocenters. The van der Waals surface area contributed by atoms with Gasteiger partial charge in [-0.25, -0.2) is 0 Å². The summed E-state index contributed by atoms with van der Waals surface area (Å²) in [5.41, 5.74) is 1.46. The summed E-state index contributed by atoms with van der Waals surface area (Å²) >= 11 is 3.48. The first kappa shape index (κ1) is 13.8. The molecule has 1 heterocycles. The molecule has 0 aliphatic carbocycles. The maximum Gasteiger partial charge on any atom is 0.0702 e. The third kappa shape index (κ3) is 3.25. The van der Waals surface area contributed by atoms with Crippen LogP contribution in [0.25, 0.3) is 0 Å². The highest BCUT2D eigenvalue weighted by molar-refractivity contribution is 9.10. The lowest BCUT2D eigenvalue weighted by Gasteiger charge is -2.26. The van der Waals surface area contributed by atoms with E-state index in [2.05, 4.69) is 20.8 Å². The molecule has 2 N–H and O–H groups in total. The third-order valence-electron chi connectivity index (χ3n) is 3.62. The molecule has 3 nitrogen and oxygen atoms in total. The van der Waals surface area contributed by atoms with Gasteiger partial charge in [-0.15, -0.1) is 0 Å². The standard InChI is InChI=1S/C14H20BrNO2/c1-14(18)5-2-7-16(8-6-14)13-9-12(15)4-3-11(13)10-17/h3-4,9,17-18H,2,5-8,10H2,1H3. The molecular weight excluding hydrogens is 294 g/mol. The molecule has 2 rings (SSSR count). The van der Waals surface area contributed by atoms with E-state index >= 15 is 0 Å². The highest BCUT2D eigenvalue weighted by atomic mass is 79.9. The molecule has 1 fully saturated rings. The summed E-state index contributed by atoms with van der Waals surface area (Å²) in [5.74, 6) is 0. The van der Waals surface area contributed by atoms with Gasteiger partial charge in [-0.05, 0) is 38.3 Å². The Morgan fingerprint density at radius 1 is 1.33 bits per heavy atom. The molecule has 0 radical (unpaired) electrons. The van der Waals surface area contributed by atoms with Crippen molar-refractivity contribution in [3.8, 4) is 0 Å². The number of aliphatic hydroxyl groups is 2. The molecule has 0 bridgehead atoms. The van der Waals surface area contributed by atoms with Crippen LogP contribution in [0.1, 0.15) is 31.7 Å². The monoisotopic (exact) mass is 313 g/mol. The van der Waals surface area contributed by atoms with E-state index in [0.29, 0.717) is 0 Å². The van der Waals surface area contributed by atoms with Gasteiger partial charge in [0.2, 0.25) is 0 Å². The van der Waals surface area contributed by atoms with Crippen molar-refractivity contribution in [3.63, 3.8) is 0 Å². The summed E-state index contributed by atoms with van der Waals surface area (Å²) in [6, 6.07) is 5.94. The van der Waals surface area contributed by atoms with Crippen molar-refractivity contribution in [1.82, 2.24) is 0 Å². The Bertz CT molecular complexity index is 420. The predicted molar refractivity (Wildman–Crippen MR) is 76.8 cm³/mol. The summed E-state index contributed by atoms with van der Waals surface area (Å²) in [6.07, 6.45) is 2.58. The van der Waals surface area contributed by atoms with Crippen molar-refractivity contribution in [2.75, 3.05) is 18.0 Å². The molecule has 1 aromatic rings. The Morgan fingerprint density at radius 2 is 2.11 bits per heavy atom. The molecule has 4 heteroatoms. The van der Waals surface area contributed by atoms with Crippen LogP contribution in [-0.2, 0) is 6.61 Å². The molecule has 0 saturated carbocycles. The Labute approximate surface area is 117 Å². The lowest BCUT2D eigenvalue weighted by Crippen LogP contribution is -2.28. The van der Waals surface area contributed by atoms with Gasteiger partial charge >= 0.3 is 0 Å². The maximum absolute atomic E-state index is 10.1. The molecule has 18 heavy (non-hydrogen) atoms. The van der Waals surface area contributed by atoms with Crippen LogP contribution in [0.15, 0.2) is 22.7 Å². The SMILES string of the molecule is CC1(O)CCCN(c2cc(Br)ccc2CO)CC1. The van der Waals surface area contributed by atoms with E-state index in [9.17, 15) is 10.2 Å². The Morgan fingerprint density at radius 3 is 2.83 bits per heavy atom. The third-order valence-corrected chi connectivity index (χ3v) is 4.12. The van der Waals surface area contributed by atoms with Gasteiger partial charge in [0.1, 0.15) is 0 Å². The first-order valence-corrected chi connectivity index (χ1v) is 7.18. The summed E-state index contributed by atoms with van der Waals surface area (Å²) < 4.78 is 1.02. The van der Waals surface area contributed by atoms with E-state index in [-0.39, 0.29) is 6.61 Å². The highest BCUT2D eigenvalue weighted by Crippen LogP contribution is 2.29. The number of aliphatic hydroxyl groups excluding tert-OH is 1. The minimum absolute atomic E-state index is 0.0511. The van der Waals surface area contributed by atoms with Gasteiger partial charge in [0, 0.05) is 28.8 Å². The van der Waals surface area contributed by atoms with Crippen LogP contribution in [0.5, 0.6) is 0 Å². The van der Waals surface area contributed by atoms with Gasteiger partial charge in [0.25, 0.3) is 0 Å². The van der Waals surface area contributed by atoms with Crippen molar-refractivity contribution >= 4 is 21.6 Å². The molecule has 100 valence electrons. The number of rotatable bonds is 2. The fourth-order valence-corrected chi connectivity index (χ4v) is 2.82. The zero-order chi connectivity index (χ0) is 13.2. The second kappa shape index (κ2) is 5.59. The summed E-state index contributed by atoms with van der Waals surface area (Å²) in [5, 5.41) is 19.5. The second-order valence-corrected chi connectivity index (χ2v) is 6.18. The van der Waals surface area contributed by atoms with Crippen LogP contribution in [0.3, 0.4) is 0 Å². The molecule has 1 saturated heterocycles. The zero-order valence-corrected chi connectivity index (χ0v) is 12.3. The largest absolute Gasteiger partial charge is 0.392 e. The topological polar surface area (TPSA) is 43.7 Å². The van der Waals surface area contributed by atoms with Crippen LogP contribution < -0.4 is 4.90 Å². The van der Waals surface area contributed by atoms with E-state index in [1.54, 1.807) is 0 Å². The van der Waals surface area contributed by atoms with Crippen LogP contribution in [0.2, 0.25) is 0 Å². The smallest absolute Gasteiger partial charge is 0.0702 e. The van der Waals surface area contributed by atoms with Gasteiger partial charge < -0.3 is 15.1 Å². The summed E-state index contributed by atoms with van der Waals surface area (Å²) in [6.45, 7) is 3.72. The first-order chi connectivity index (χ1) is 8.52. The minimum atomic E-state index is -0.555. The van der Waals surface area contributed by atoms with Crippen molar-refractivity contribution in [2.45, 2.75) is 38.4 Å². The van der Waals surface area contributed by atoms with E-state index < -0.39 is 5.60 Å². The van der Waals surface area contributed by atoms with Gasteiger partial charge in [-0.1, -0.05) is 22.0 Å². The highest BCUT2D eigenvalue weighted by Gasteiger charge is 2.25. The number of halogens is 1. The molecule has 0 amide bonds. The molecule has 1 aliphatic heterocycles. The zero-order valence-electron chi connectivity index (χ0n) is 10.7. The fourth-order valence-electron chi connectivity index (χ4n) is 2.47. The Hall–Kier alpha value is -0.580. The van der Waals surface area contributed by atoms with Crippen LogP contribution >= 0.6 is 15.9 Å². The quantitative estimate of drug-likeness (QED) is 0.882. The summed E-state index contributed by atoms with van der Waals surface area (Å²) in [7, 11) is 0. The first-order valence-electron chi connectivity index (χ1n) is 6.38. The Kier molecular flexibility index (Phi) is 4.30. The number of hydrogen-bond donors (Lipinski definition) is 2. The average molecular weight is 314 g/mol. The van der Waals surface area contributed by atoms with Crippen LogP contribution in [0, 0.1) is 0 Å². The van der Waals surface area contributed by atoms with Gasteiger partial charge in [0.05, 0.1) is 12.2 Å². The fraction of sp³-hybridized carbons (Fsp3) is 0.571. The molecule has 1 aliphatic rings. The minimum Gasteiger partial charge on any atom is -0.392 e. The van der Waals surface area contributed by atoms with Gasteiger partial charge in [-0.3, -0.25) is 0 Å². The molecular formula is C14H20BrNO2. The van der Waals surface area contributed by atoms with Crippen molar-refractivity contribution in [1.29, 1.82) is 0 Å². The van der Waals surface area contributed by atoms with E-state index in [1.807, 2.05) is 25.1 Å². The number of hydrogen-bond acceptors (Lipinski definition) is 3. The van der Waals surface area contributed by atoms with Crippen molar-refractivity contribution in [2.24, 2.45) is 0 Å². The molecule has 1 aromatic carbocycles. The molecule has 0 aromatic heterocycles.